The molecule has 3 aromatic rings. The fourth-order valence-corrected chi connectivity index (χ4v) is 3.13. The lowest BCUT2D eigenvalue weighted by Crippen LogP contribution is -2.04. The summed E-state index contributed by atoms with van der Waals surface area (Å²) in [5.41, 5.74) is 5.04. The van der Waals surface area contributed by atoms with Crippen molar-refractivity contribution in [2.45, 2.75) is 27.7 Å². The van der Waals surface area contributed by atoms with Gasteiger partial charge in [0.1, 0.15) is 5.75 Å². The topological polar surface area (TPSA) is 39.2 Å². The van der Waals surface area contributed by atoms with Crippen LogP contribution in [0.15, 0.2) is 42.5 Å². The Balaban J connectivity index is 2.06. The Kier molecular flexibility index (Phi) is 5.28. The maximum atomic E-state index is 12.0. The fraction of sp³-hybridized carbons (Fsp3) is 0.273. The molecule has 0 aliphatic carbocycles. The number of carbonyl (C=O) groups excluding carboxylic acids is 1. The molecule has 0 saturated heterocycles. The van der Waals surface area contributed by atoms with Gasteiger partial charge in [-0.05, 0) is 73.3 Å². The molecule has 0 bridgehead atoms. The first kappa shape index (κ1) is 18.4. The molecule has 1 heterocycles. The molecule has 3 rings (SSSR count). The van der Waals surface area contributed by atoms with Crippen molar-refractivity contribution in [2.75, 3.05) is 6.61 Å². The van der Waals surface area contributed by atoms with Crippen LogP contribution in [-0.4, -0.2) is 16.8 Å². The molecule has 0 aliphatic rings. The predicted octanol–water partition coefficient (Wildman–Crippen LogP) is 5.93. The number of nitrogens with zero attached hydrogens (tertiary/aromatic N) is 1. The maximum Gasteiger partial charge on any atom is 0.253 e. The zero-order valence-corrected chi connectivity index (χ0v) is 16.2. The first-order valence-electron chi connectivity index (χ1n) is 8.70. The molecular weight excluding hydrogens is 346 g/mol. The summed E-state index contributed by atoms with van der Waals surface area (Å²) in [4.78, 5) is 16.8. The van der Waals surface area contributed by atoms with Gasteiger partial charge in [-0.25, -0.2) is 4.98 Å². The summed E-state index contributed by atoms with van der Waals surface area (Å²) < 4.78 is 5.73. The van der Waals surface area contributed by atoms with E-state index >= 15 is 0 Å². The largest absolute Gasteiger partial charge is 0.493 e. The van der Waals surface area contributed by atoms with E-state index < -0.39 is 5.24 Å². The molecule has 3 nitrogen and oxygen atoms in total. The van der Waals surface area contributed by atoms with Gasteiger partial charge in [-0.1, -0.05) is 25.5 Å². The van der Waals surface area contributed by atoms with E-state index in [9.17, 15) is 4.79 Å². The zero-order chi connectivity index (χ0) is 18.8. The third-order valence-corrected chi connectivity index (χ3v) is 4.40. The van der Waals surface area contributed by atoms with Crippen molar-refractivity contribution in [3.8, 4) is 17.0 Å². The van der Waals surface area contributed by atoms with E-state index in [0.29, 0.717) is 18.1 Å². The Morgan fingerprint density at radius 1 is 1.12 bits per heavy atom. The average molecular weight is 368 g/mol. The number of benzene rings is 2. The van der Waals surface area contributed by atoms with Gasteiger partial charge in [0.05, 0.1) is 17.8 Å². The van der Waals surface area contributed by atoms with E-state index in [2.05, 4.69) is 19.9 Å². The Labute approximate surface area is 159 Å². The maximum absolute atomic E-state index is 12.0. The summed E-state index contributed by atoms with van der Waals surface area (Å²) in [5.74, 6) is 1.30. The van der Waals surface area contributed by atoms with Crippen LogP contribution in [0.5, 0.6) is 5.75 Å². The quantitative estimate of drug-likeness (QED) is 0.524. The average Bonchev–Trinajstić information content (AvgIpc) is 2.59. The van der Waals surface area contributed by atoms with Crippen LogP contribution >= 0.6 is 11.6 Å². The number of fused-ring (bicyclic) bond motifs is 1. The van der Waals surface area contributed by atoms with Crippen molar-refractivity contribution in [3.63, 3.8) is 0 Å². The van der Waals surface area contributed by atoms with Crippen LogP contribution in [0, 0.1) is 19.8 Å². The lowest BCUT2D eigenvalue weighted by Gasteiger charge is -2.12. The third kappa shape index (κ3) is 3.88. The molecule has 26 heavy (non-hydrogen) atoms. The number of rotatable bonds is 5. The number of aromatic nitrogens is 1. The number of hydrogen-bond acceptors (Lipinski definition) is 3. The van der Waals surface area contributed by atoms with Crippen LogP contribution in [0.4, 0.5) is 0 Å². The molecule has 0 amide bonds. The van der Waals surface area contributed by atoms with Crippen molar-refractivity contribution in [2.24, 2.45) is 5.92 Å². The van der Waals surface area contributed by atoms with Gasteiger partial charge in [-0.2, -0.15) is 0 Å². The monoisotopic (exact) mass is 367 g/mol. The van der Waals surface area contributed by atoms with Gasteiger partial charge < -0.3 is 4.74 Å². The third-order valence-electron chi connectivity index (χ3n) is 4.19. The van der Waals surface area contributed by atoms with Gasteiger partial charge in [0.2, 0.25) is 0 Å². The summed E-state index contributed by atoms with van der Waals surface area (Å²) in [7, 11) is 0. The van der Waals surface area contributed by atoms with Gasteiger partial charge in [-0.15, -0.1) is 0 Å². The van der Waals surface area contributed by atoms with Gasteiger partial charge in [0.25, 0.3) is 5.24 Å². The van der Waals surface area contributed by atoms with Crippen LogP contribution in [0.25, 0.3) is 22.2 Å². The highest BCUT2D eigenvalue weighted by Crippen LogP contribution is 2.29. The first-order chi connectivity index (χ1) is 12.3. The SMILES string of the molecule is Cc1cc(C)c2nc(-c3ccc(OCC(C)C)cc3)cc(C(=O)Cl)c2c1. The lowest BCUT2D eigenvalue weighted by atomic mass is 10.0. The number of halogens is 1. The van der Waals surface area contributed by atoms with Crippen molar-refractivity contribution < 1.29 is 9.53 Å². The minimum atomic E-state index is -0.472. The fourth-order valence-electron chi connectivity index (χ4n) is 2.98. The van der Waals surface area contributed by atoms with Crippen molar-refractivity contribution in [1.82, 2.24) is 4.98 Å². The summed E-state index contributed by atoms with van der Waals surface area (Å²) in [6, 6.07) is 13.5. The van der Waals surface area contributed by atoms with E-state index in [0.717, 1.165) is 39.0 Å². The minimum absolute atomic E-state index is 0.472. The summed E-state index contributed by atoms with van der Waals surface area (Å²) in [5, 5.41) is 0.323. The van der Waals surface area contributed by atoms with Crippen LogP contribution in [0.3, 0.4) is 0 Å². The molecule has 0 spiro atoms. The minimum Gasteiger partial charge on any atom is -0.493 e. The van der Waals surface area contributed by atoms with E-state index in [-0.39, 0.29) is 0 Å². The Morgan fingerprint density at radius 2 is 1.81 bits per heavy atom. The Morgan fingerprint density at radius 3 is 2.42 bits per heavy atom. The Bertz CT molecular complexity index is 962. The highest BCUT2D eigenvalue weighted by Gasteiger charge is 2.14. The molecule has 1 aromatic heterocycles. The van der Waals surface area contributed by atoms with Crippen LogP contribution in [0.1, 0.15) is 35.3 Å². The molecule has 4 heteroatoms. The molecular formula is C22H22ClNO2. The highest BCUT2D eigenvalue weighted by atomic mass is 35.5. The number of aryl methyl sites for hydroxylation is 2. The summed E-state index contributed by atoms with van der Waals surface area (Å²) >= 11 is 5.86. The van der Waals surface area contributed by atoms with Crippen molar-refractivity contribution >= 4 is 27.7 Å². The first-order valence-corrected chi connectivity index (χ1v) is 9.08. The van der Waals surface area contributed by atoms with Crippen LogP contribution in [0.2, 0.25) is 0 Å². The molecule has 0 aliphatic heterocycles. The Hall–Kier alpha value is -2.39. The molecule has 0 fully saturated rings. The second kappa shape index (κ2) is 7.46. The van der Waals surface area contributed by atoms with Crippen molar-refractivity contribution in [1.29, 1.82) is 0 Å². The van der Waals surface area contributed by atoms with Crippen LogP contribution < -0.4 is 4.74 Å². The van der Waals surface area contributed by atoms with E-state index in [1.54, 1.807) is 6.07 Å². The second-order valence-electron chi connectivity index (χ2n) is 7.04. The normalized spacial score (nSPS) is 11.2. The molecule has 0 saturated carbocycles. The number of pyridine rings is 1. The second-order valence-corrected chi connectivity index (χ2v) is 7.38. The van der Waals surface area contributed by atoms with Crippen molar-refractivity contribution in [3.05, 3.63) is 59.2 Å². The standard InChI is InChI=1S/C22H22ClNO2/c1-13(2)12-26-17-7-5-16(6-8-17)20-11-19(22(23)25)18-10-14(3)9-15(4)21(18)24-20/h5-11,13H,12H2,1-4H3. The summed E-state index contributed by atoms with van der Waals surface area (Å²) in [6.45, 7) is 8.90. The smallest absolute Gasteiger partial charge is 0.253 e. The van der Waals surface area contributed by atoms with Gasteiger partial charge in [0, 0.05) is 16.5 Å². The molecule has 0 radical (unpaired) electrons. The predicted molar refractivity (Wildman–Crippen MR) is 107 cm³/mol. The number of ether oxygens (including phenoxy) is 1. The van der Waals surface area contributed by atoms with Gasteiger partial charge >= 0.3 is 0 Å². The summed E-state index contributed by atoms with van der Waals surface area (Å²) in [6.07, 6.45) is 0. The molecule has 134 valence electrons. The number of carbonyl (C=O) groups is 1. The van der Waals surface area contributed by atoms with E-state index in [1.165, 1.54) is 0 Å². The van der Waals surface area contributed by atoms with Gasteiger partial charge in [-0.3, -0.25) is 4.79 Å². The van der Waals surface area contributed by atoms with E-state index in [1.807, 2.05) is 44.2 Å². The van der Waals surface area contributed by atoms with Gasteiger partial charge in [0.15, 0.2) is 0 Å². The number of hydrogen-bond donors (Lipinski definition) is 0. The zero-order valence-electron chi connectivity index (χ0n) is 15.5. The molecule has 2 aromatic carbocycles. The lowest BCUT2D eigenvalue weighted by molar-refractivity contribution is 0.108. The molecule has 0 atom stereocenters. The van der Waals surface area contributed by atoms with Crippen LogP contribution in [-0.2, 0) is 0 Å². The molecule has 0 unspecified atom stereocenters. The highest BCUT2D eigenvalue weighted by molar-refractivity contribution is 6.68. The van der Waals surface area contributed by atoms with E-state index in [4.69, 9.17) is 21.3 Å². The molecule has 0 N–H and O–H groups in total.